The molecule has 22 heavy (non-hydrogen) atoms. The molecular weight excluding hydrogens is 286 g/mol. The van der Waals surface area contributed by atoms with E-state index in [0.29, 0.717) is 0 Å². The molecule has 0 aliphatic carbocycles. The van der Waals surface area contributed by atoms with E-state index in [0.717, 1.165) is 17.8 Å². The van der Waals surface area contributed by atoms with Crippen LogP contribution in [0.25, 0.3) is 0 Å². The van der Waals surface area contributed by atoms with E-state index in [4.69, 9.17) is 4.74 Å². The first-order valence-electron chi connectivity index (χ1n) is 7.05. The summed E-state index contributed by atoms with van der Waals surface area (Å²) in [4.78, 5) is 24.4. The number of rotatable bonds is 4. The maximum atomic E-state index is 11.9. The van der Waals surface area contributed by atoms with Crippen molar-refractivity contribution in [3.05, 3.63) is 27.8 Å². The van der Waals surface area contributed by atoms with Gasteiger partial charge in [-0.3, -0.25) is 10.1 Å². The number of nitrogens with one attached hydrogen (secondary N) is 1. The summed E-state index contributed by atoms with van der Waals surface area (Å²) in [6.07, 6.45) is -0.718. The summed E-state index contributed by atoms with van der Waals surface area (Å²) in [6.45, 7) is 9.88. The smallest absolute Gasteiger partial charge is 0.403 e. The highest BCUT2D eigenvalue weighted by atomic mass is 16.6. The average molecular weight is 309 g/mol. The second-order valence-corrected chi connectivity index (χ2v) is 6.14. The van der Waals surface area contributed by atoms with Crippen LogP contribution in [0.4, 0.5) is 16.2 Å². The van der Waals surface area contributed by atoms with E-state index in [1.165, 1.54) is 12.1 Å². The zero-order valence-corrected chi connectivity index (χ0v) is 13.9. The Kier molecular flexibility index (Phi) is 5.35. The van der Waals surface area contributed by atoms with E-state index in [-0.39, 0.29) is 11.4 Å². The first-order chi connectivity index (χ1) is 10.0. The van der Waals surface area contributed by atoms with Crippen LogP contribution in [0, 0.1) is 17.0 Å². The van der Waals surface area contributed by atoms with Gasteiger partial charge in [-0.25, -0.2) is 4.79 Å². The fourth-order valence-electron chi connectivity index (χ4n) is 1.90. The number of hydrogen-bond acceptors (Lipinski definition) is 5. The van der Waals surface area contributed by atoms with Gasteiger partial charge in [0.25, 0.3) is 0 Å². The minimum atomic E-state index is -0.718. The molecule has 0 heterocycles. The second kappa shape index (κ2) is 6.64. The van der Waals surface area contributed by atoms with E-state index in [9.17, 15) is 14.9 Å². The van der Waals surface area contributed by atoms with Crippen LogP contribution in [0.2, 0.25) is 0 Å². The molecule has 1 amide bonds. The number of aryl methyl sites for hydroxylation is 1. The summed E-state index contributed by atoms with van der Waals surface area (Å²) < 4.78 is 5.15. The van der Waals surface area contributed by atoms with Crippen molar-refractivity contribution in [2.45, 2.75) is 40.2 Å². The number of anilines is 1. The van der Waals surface area contributed by atoms with Crippen molar-refractivity contribution in [2.24, 2.45) is 0 Å². The van der Waals surface area contributed by atoms with E-state index in [2.05, 4.69) is 5.32 Å². The fourth-order valence-corrected chi connectivity index (χ4v) is 1.90. The Morgan fingerprint density at radius 2 is 2.00 bits per heavy atom. The Labute approximate surface area is 130 Å². The van der Waals surface area contributed by atoms with Crippen LogP contribution in [0.1, 0.15) is 33.3 Å². The normalized spacial score (nSPS) is 11.0. The number of amides is 1. The first-order valence-corrected chi connectivity index (χ1v) is 7.05. The lowest BCUT2D eigenvalue weighted by molar-refractivity contribution is -0.385. The summed E-state index contributed by atoms with van der Waals surface area (Å²) in [5.74, 6) is -0.0624. The van der Waals surface area contributed by atoms with Crippen molar-refractivity contribution in [1.82, 2.24) is 5.32 Å². The minimum Gasteiger partial charge on any atom is -0.403 e. The Morgan fingerprint density at radius 1 is 1.41 bits per heavy atom. The molecule has 0 aromatic heterocycles. The standard InChI is InChI=1S/C15H23N3O4/c1-7-17(6)11-9-13(12(18(20)21)8-10(11)2)22-14(19)16-15(3,4)5/h8-9H,7H2,1-6H3,(H,16,19). The van der Waals surface area contributed by atoms with Gasteiger partial charge in [-0.05, 0) is 40.2 Å². The summed E-state index contributed by atoms with van der Waals surface area (Å²) in [7, 11) is 1.87. The molecule has 0 spiro atoms. The molecule has 7 nitrogen and oxygen atoms in total. The molecular formula is C15H23N3O4. The van der Waals surface area contributed by atoms with Gasteiger partial charge in [0, 0.05) is 37.0 Å². The maximum absolute atomic E-state index is 11.9. The van der Waals surface area contributed by atoms with Crippen molar-refractivity contribution in [1.29, 1.82) is 0 Å². The van der Waals surface area contributed by atoms with Crippen LogP contribution in [-0.2, 0) is 0 Å². The monoisotopic (exact) mass is 309 g/mol. The van der Waals surface area contributed by atoms with Crippen molar-refractivity contribution in [3.8, 4) is 5.75 Å². The third-order valence-corrected chi connectivity index (χ3v) is 3.04. The highest BCUT2D eigenvalue weighted by Crippen LogP contribution is 2.34. The lowest BCUT2D eigenvalue weighted by Gasteiger charge is -2.22. The molecule has 0 atom stereocenters. The van der Waals surface area contributed by atoms with Crippen LogP contribution in [0.15, 0.2) is 12.1 Å². The van der Waals surface area contributed by atoms with Gasteiger partial charge >= 0.3 is 11.8 Å². The molecule has 1 aromatic rings. The van der Waals surface area contributed by atoms with Gasteiger partial charge in [-0.1, -0.05) is 0 Å². The van der Waals surface area contributed by atoms with E-state index < -0.39 is 16.6 Å². The number of ether oxygens (including phenoxy) is 1. The van der Waals surface area contributed by atoms with E-state index in [1.807, 2.05) is 18.9 Å². The van der Waals surface area contributed by atoms with Crippen LogP contribution in [0.3, 0.4) is 0 Å². The molecule has 0 radical (unpaired) electrons. The van der Waals surface area contributed by atoms with Crippen molar-refractivity contribution in [3.63, 3.8) is 0 Å². The lowest BCUT2D eigenvalue weighted by Crippen LogP contribution is -2.42. The molecule has 0 saturated heterocycles. The number of benzene rings is 1. The molecule has 0 fully saturated rings. The second-order valence-electron chi connectivity index (χ2n) is 6.14. The molecule has 0 unspecified atom stereocenters. The number of nitro benzene ring substituents is 1. The third-order valence-electron chi connectivity index (χ3n) is 3.04. The predicted molar refractivity (Wildman–Crippen MR) is 85.7 cm³/mol. The molecule has 1 rings (SSSR count). The Balaban J connectivity index is 3.20. The molecule has 7 heteroatoms. The first kappa shape index (κ1) is 17.7. The molecule has 0 bridgehead atoms. The molecule has 0 aliphatic heterocycles. The van der Waals surface area contributed by atoms with Gasteiger partial charge < -0.3 is 15.0 Å². The SMILES string of the molecule is CCN(C)c1cc(OC(=O)NC(C)(C)C)c([N+](=O)[O-])cc1C. The summed E-state index contributed by atoms with van der Waals surface area (Å²) in [6, 6.07) is 2.94. The topological polar surface area (TPSA) is 84.7 Å². The van der Waals surface area contributed by atoms with Crippen molar-refractivity contribution < 1.29 is 14.5 Å². The number of carbonyl (C=O) groups is 1. The number of hydrogen-bond donors (Lipinski definition) is 1. The lowest BCUT2D eigenvalue weighted by atomic mass is 10.1. The maximum Gasteiger partial charge on any atom is 0.413 e. The highest BCUT2D eigenvalue weighted by Gasteiger charge is 2.23. The van der Waals surface area contributed by atoms with Crippen LogP contribution in [0.5, 0.6) is 5.75 Å². The minimum absolute atomic E-state index is 0.0624. The fraction of sp³-hybridized carbons (Fsp3) is 0.533. The van der Waals surface area contributed by atoms with Gasteiger partial charge in [0.15, 0.2) is 0 Å². The Bertz CT molecular complexity index is 579. The highest BCUT2D eigenvalue weighted by molar-refractivity contribution is 5.74. The van der Waals surface area contributed by atoms with Gasteiger partial charge in [0.2, 0.25) is 5.75 Å². The molecule has 122 valence electrons. The van der Waals surface area contributed by atoms with E-state index in [1.54, 1.807) is 27.7 Å². The molecule has 1 N–H and O–H groups in total. The van der Waals surface area contributed by atoms with E-state index >= 15 is 0 Å². The zero-order valence-electron chi connectivity index (χ0n) is 13.9. The zero-order chi connectivity index (χ0) is 17.1. The quantitative estimate of drug-likeness (QED) is 0.681. The van der Waals surface area contributed by atoms with Crippen molar-refractivity contribution in [2.75, 3.05) is 18.5 Å². The molecule has 0 aliphatic rings. The van der Waals surface area contributed by atoms with Gasteiger partial charge in [-0.2, -0.15) is 0 Å². The largest absolute Gasteiger partial charge is 0.413 e. The van der Waals surface area contributed by atoms with Crippen LogP contribution >= 0.6 is 0 Å². The van der Waals surface area contributed by atoms with Crippen LogP contribution < -0.4 is 15.0 Å². The molecule has 1 aromatic carbocycles. The average Bonchev–Trinajstić information content (AvgIpc) is 2.36. The van der Waals surface area contributed by atoms with Crippen LogP contribution in [-0.4, -0.2) is 30.1 Å². The van der Waals surface area contributed by atoms with Gasteiger partial charge in [0.1, 0.15) is 0 Å². The Hall–Kier alpha value is -2.31. The predicted octanol–water partition coefficient (Wildman–Crippen LogP) is 3.25. The van der Waals surface area contributed by atoms with Crippen molar-refractivity contribution >= 4 is 17.5 Å². The van der Waals surface area contributed by atoms with Gasteiger partial charge in [0.05, 0.1) is 4.92 Å². The summed E-state index contributed by atoms with van der Waals surface area (Å²) >= 11 is 0. The molecule has 0 saturated carbocycles. The Morgan fingerprint density at radius 3 is 2.45 bits per heavy atom. The number of carbonyl (C=O) groups excluding carboxylic acids is 1. The summed E-state index contributed by atoms with van der Waals surface area (Å²) in [5, 5.41) is 13.8. The number of nitrogens with zero attached hydrogens (tertiary/aromatic N) is 2. The van der Waals surface area contributed by atoms with Gasteiger partial charge in [-0.15, -0.1) is 0 Å². The summed E-state index contributed by atoms with van der Waals surface area (Å²) in [5.41, 5.74) is 0.820. The third kappa shape index (κ3) is 4.61. The number of nitro groups is 1.